The molecule has 0 saturated carbocycles. The predicted octanol–water partition coefficient (Wildman–Crippen LogP) is 1.35. The highest BCUT2D eigenvalue weighted by Gasteiger charge is 2.56. The summed E-state index contributed by atoms with van der Waals surface area (Å²) < 4.78 is 15.7. The number of amides is 1. The van der Waals surface area contributed by atoms with Gasteiger partial charge in [0.15, 0.2) is 11.5 Å². The van der Waals surface area contributed by atoms with Crippen LogP contribution in [0.15, 0.2) is 42.5 Å². The average Bonchev–Trinajstić information content (AvgIpc) is 3.47. The number of nitrogens with zero attached hydrogens (tertiary/aromatic N) is 3. The summed E-state index contributed by atoms with van der Waals surface area (Å²) in [6.07, 6.45) is 0.285. The summed E-state index contributed by atoms with van der Waals surface area (Å²) >= 11 is 0. The summed E-state index contributed by atoms with van der Waals surface area (Å²) in [4.78, 5) is 32.1. The zero-order chi connectivity index (χ0) is 24.2. The van der Waals surface area contributed by atoms with E-state index in [1.165, 1.54) is 7.11 Å². The Morgan fingerprint density at radius 1 is 1.06 bits per heavy atom. The van der Waals surface area contributed by atoms with Gasteiger partial charge in [-0.2, -0.15) is 0 Å². The Bertz CT molecular complexity index is 1160. The molecular weight excluding hydrogens is 450 g/mol. The molecule has 184 valence electrons. The van der Waals surface area contributed by atoms with E-state index < -0.39 is 5.97 Å². The third kappa shape index (κ3) is 3.93. The molecule has 4 aliphatic rings. The van der Waals surface area contributed by atoms with E-state index in [9.17, 15) is 14.7 Å². The molecule has 0 aliphatic carbocycles. The van der Waals surface area contributed by atoms with E-state index in [1.807, 2.05) is 17.0 Å². The number of benzene rings is 2. The molecule has 3 saturated heterocycles. The number of carbonyl (C=O) groups excluding carboxylic acids is 2. The summed E-state index contributed by atoms with van der Waals surface area (Å²) in [5.74, 6) is 1.01. The maximum atomic E-state index is 13.5. The van der Waals surface area contributed by atoms with E-state index in [0.717, 1.165) is 36.7 Å². The van der Waals surface area contributed by atoms with Gasteiger partial charge in [-0.25, -0.2) is 4.79 Å². The number of rotatable bonds is 4. The summed E-state index contributed by atoms with van der Waals surface area (Å²) in [6, 6.07) is 12.9. The molecule has 35 heavy (non-hydrogen) atoms. The number of likely N-dealkylation sites (tertiary alicyclic amines) is 1. The van der Waals surface area contributed by atoms with Crippen LogP contribution in [0.3, 0.4) is 0 Å². The standard InChI is InChI=1S/C26H29N3O6/c1-33-25(32)19-4-2-3-18(8-19)24(31)28-11-20-9-21(30)12-29(20)26(15-28)13-27(14-26)10-17-5-6-22-23(7-17)35-16-34-22/h2-8,20-21,30H,9-16H2,1H3/t20-,21+/m0/s1. The number of esters is 1. The summed E-state index contributed by atoms with van der Waals surface area (Å²) in [5, 5.41) is 10.4. The maximum Gasteiger partial charge on any atom is 0.337 e. The van der Waals surface area contributed by atoms with Crippen molar-refractivity contribution in [2.75, 3.05) is 46.6 Å². The van der Waals surface area contributed by atoms with Gasteiger partial charge in [-0.3, -0.25) is 14.6 Å². The van der Waals surface area contributed by atoms with Crippen LogP contribution in [0.5, 0.6) is 11.5 Å². The molecule has 2 atom stereocenters. The Hall–Kier alpha value is -3.14. The molecule has 9 heteroatoms. The lowest BCUT2D eigenvalue weighted by Gasteiger charge is -2.61. The number of fused-ring (bicyclic) bond motifs is 3. The third-order valence-electron chi connectivity index (χ3n) is 7.61. The molecule has 0 radical (unpaired) electrons. The van der Waals surface area contributed by atoms with Crippen molar-refractivity contribution in [1.82, 2.24) is 14.7 Å². The minimum Gasteiger partial charge on any atom is -0.465 e. The molecule has 1 spiro atoms. The van der Waals surface area contributed by atoms with Gasteiger partial charge < -0.3 is 24.2 Å². The van der Waals surface area contributed by atoms with Crippen molar-refractivity contribution in [1.29, 1.82) is 0 Å². The first-order valence-corrected chi connectivity index (χ1v) is 12.0. The second-order valence-electron chi connectivity index (χ2n) is 10.0. The van der Waals surface area contributed by atoms with Crippen LogP contribution in [-0.4, -0.2) is 96.0 Å². The van der Waals surface area contributed by atoms with E-state index in [-0.39, 0.29) is 30.4 Å². The molecule has 0 unspecified atom stereocenters. The van der Waals surface area contributed by atoms with Gasteiger partial charge >= 0.3 is 5.97 Å². The number of ether oxygens (including phenoxy) is 3. The Labute approximate surface area is 203 Å². The molecule has 2 aromatic carbocycles. The van der Waals surface area contributed by atoms with Crippen molar-refractivity contribution in [3.05, 3.63) is 59.2 Å². The van der Waals surface area contributed by atoms with Crippen LogP contribution in [-0.2, 0) is 11.3 Å². The molecule has 0 bridgehead atoms. The molecule has 0 aromatic heterocycles. The van der Waals surface area contributed by atoms with Crippen molar-refractivity contribution >= 4 is 11.9 Å². The lowest BCUT2D eigenvalue weighted by Crippen LogP contribution is -2.78. The van der Waals surface area contributed by atoms with Gasteiger partial charge in [0, 0.05) is 50.9 Å². The number of carbonyl (C=O) groups is 2. The average molecular weight is 480 g/mol. The summed E-state index contributed by atoms with van der Waals surface area (Å²) in [7, 11) is 1.33. The van der Waals surface area contributed by atoms with Crippen molar-refractivity contribution in [3.8, 4) is 11.5 Å². The number of piperazine rings is 1. The smallest absolute Gasteiger partial charge is 0.337 e. The normalized spacial score (nSPS) is 24.8. The molecule has 2 aromatic rings. The lowest BCUT2D eigenvalue weighted by molar-refractivity contribution is -0.108. The fourth-order valence-electron chi connectivity index (χ4n) is 6.12. The van der Waals surface area contributed by atoms with Gasteiger partial charge in [0.05, 0.1) is 24.3 Å². The Morgan fingerprint density at radius 2 is 1.86 bits per heavy atom. The van der Waals surface area contributed by atoms with Crippen LogP contribution in [0.4, 0.5) is 0 Å². The van der Waals surface area contributed by atoms with Crippen LogP contribution >= 0.6 is 0 Å². The Balaban J connectivity index is 1.19. The molecular formula is C26H29N3O6. The largest absolute Gasteiger partial charge is 0.465 e. The van der Waals surface area contributed by atoms with Crippen LogP contribution in [0.1, 0.15) is 32.7 Å². The van der Waals surface area contributed by atoms with Crippen molar-refractivity contribution < 1.29 is 28.9 Å². The molecule has 1 N–H and O–H groups in total. The van der Waals surface area contributed by atoms with Crippen molar-refractivity contribution in [3.63, 3.8) is 0 Å². The molecule has 3 fully saturated rings. The molecule has 1 amide bonds. The van der Waals surface area contributed by atoms with Gasteiger partial charge in [-0.05, 0) is 42.3 Å². The number of β-amino-alcohol motifs (C(OH)–C–C–N with tert-alkyl or cyclic N) is 1. The first kappa shape index (κ1) is 22.3. The van der Waals surface area contributed by atoms with E-state index >= 15 is 0 Å². The highest BCUT2D eigenvalue weighted by molar-refractivity contribution is 5.98. The predicted molar refractivity (Wildman–Crippen MR) is 125 cm³/mol. The van der Waals surface area contributed by atoms with E-state index in [1.54, 1.807) is 24.3 Å². The van der Waals surface area contributed by atoms with E-state index in [0.29, 0.717) is 37.2 Å². The quantitative estimate of drug-likeness (QED) is 0.658. The zero-order valence-corrected chi connectivity index (χ0v) is 19.7. The van der Waals surface area contributed by atoms with Crippen LogP contribution in [0.25, 0.3) is 0 Å². The highest BCUT2D eigenvalue weighted by atomic mass is 16.7. The molecule has 6 rings (SSSR count). The van der Waals surface area contributed by atoms with Crippen LogP contribution in [0.2, 0.25) is 0 Å². The first-order valence-electron chi connectivity index (χ1n) is 12.0. The zero-order valence-electron chi connectivity index (χ0n) is 19.7. The van der Waals surface area contributed by atoms with Gasteiger partial charge in [0.25, 0.3) is 5.91 Å². The van der Waals surface area contributed by atoms with Gasteiger partial charge in [0.1, 0.15) is 0 Å². The van der Waals surface area contributed by atoms with Gasteiger partial charge in [0.2, 0.25) is 6.79 Å². The number of hydrogen-bond donors (Lipinski definition) is 1. The topological polar surface area (TPSA) is 91.8 Å². The molecule has 4 heterocycles. The van der Waals surface area contributed by atoms with Crippen LogP contribution < -0.4 is 9.47 Å². The minimum absolute atomic E-state index is 0.0922. The third-order valence-corrected chi connectivity index (χ3v) is 7.61. The fourth-order valence-corrected chi connectivity index (χ4v) is 6.12. The van der Waals surface area contributed by atoms with Crippen molar-refractivity contribution in [2.24, 2.45) is 0 Å². The molecule has 9 nitrogen and oxygen atoms in total. The number of aliphatic hydroxyl groups excluding tert-OH is 1. The SMILES string of the molecule is COC(=O)c1cccc(C(=O)N2C[C@@H]3C[C@@H](O)CN3C3(CN(Cc4ccc5c(c4)OCO5)C3)C2)c1. The Kier molecular flexibility index (Phi) is 5.43. The van der Waals surface area contributed by atoms with E-state index in [4.69, 9.17) is 14.2 Å². The maximum absolute atomic E-state index is 13.5. The summed E-state index contributed by atoms with van der Waals surface area (Å²) in [5.41, 5.74) is 1.81. The first-order chi connectivity index (χ1) is 16.9. The number of aliphatic hydroxyl groups is 1. The Morgan fingerprint density at radius 3 is 2.69 bits per heavy atom. The number of methoxy groups -OCH3 is 1. The summed E-state index contributed by atoms with van der Waals surface area (Å²) in [6.45, 7) is 4.48. The van der Waals surface area contributed by atoms with Crippen LogP contribution in [0, 0.1) is 0 Å². The molecule has 4 aliphatic heterocycles. The highest BCUT2D eigenvalue weighted by Crippen LogP contribution is 2.40. The second-order valence-corrected chi connectivity index (χ2v) is 10.0. The monoisotopic (exact) mass is 479 g/mol. The second kappa shape index (κ2) is 8.51. The fraction of sp³-hybridized carbons (Fsp3) is 0.462. The van der Waals surface area contributed by atoms with Gasteiger partial charge in [-0.15, -0.1) is 0 Å². The van der Waals surface area contributed by atoms with E-state index in [2.05, 4.69) is 15.9 Å². The van der Waals surface area contributed by atoms with Gasteiger partial charge in [-0.1, -0.05) is 12.1 Å². The lowest BCUT2D eigenvalue weighted by atomic mass is 9.83. The van der Waals surface area contributed by atoms with Crippen molar-refractivity contribution in [2.45, 2.75) is 30.7 Å². The minimum atomic E-state index is -0.460. The number of hydrogen-bond acceptors (Lipinski definition) is 8.